The van der Waals surface area contributed by atoms with E-state index in [0.29, 0.717) is 11.3 Å². The van der Waals surface area contributed by atoms with Crippen LogP contribution < -0.4 is 5.32 Å². The quantitative estimate of drug-likeness (QED) is 0.771. The molecule has 2 rings (SSSR count). The van der Waals surface area contributed by atoms with Crippen molar-refractivity contribution in [1.29, 1.82) is 0 Å². The van der Waals surface area contributed by atoms with Gasteiger partial charge in [-0.15, -0.1) is 11.3 Å². The first-order chi connectivity index (χ1) is 9.49. The maximum Gasteiger partial charge on any atom is 0.0300 e. The Morgan fingerprint density at radius 2 is 1.80 bits per heavy atom. The van der Waals surface area contributed by atoms with Crippen molar-refractivity contribution < 1.29 is 0 Å². The van der Waals surface area contributed by atoms with Gasteiger partial charge in [0.2, 0.25) is 0 Å². The van der Waals surface area contributed by atoms with E-state index >= 15 is 0 Å². The maximum absolute atomic E-state index is 3.60. The SMILES string of the molecule is CC(C)C(C)(C)CNCc1cc(-c2ccccc2)cs1. The van der Waals surface area contributed by atoms with E-state index in [-0.39, 0.29) is 0 Å². The van der Waals surface area contributed by atoms with Gasteiger partial charge in [0.05, 0.1) is 0 Å². The van der Waals surface area contributed by atoms with Crippen molar-refractivity contribution >= 4 is 11.3 Å². The number of thiophene rings is 1. The second-order valence-electron chi connectivity index (χ2n) is 6.41. The Morgan fingerprint density at radius 1 is 1.10 bits per heavy atom. The van der Waals surface area contributed by atoms with Crippen LogP contribution in [0, 0.1) is 11.3 Å². The summed E-state index contributed by atoms with van der Waals surface area (Å²) in [6, 6.07) is 12.9. The lowest BCUT2D eigenvalue weighted by Crippen LogP contribution is -2.32. The first kappa shape index (κ1) is 15.3. The van der Waals surface area contributed by atoms with Crippen molar-refractivity contribution in [2.24, 2.45) is 11.3 Å². The van der Waals surface area contributed by atoms with Gasteiger partial charge in [-0.05, 0) is 33.9 Å². The van der Waals surface area contributed by atoms with Crippen LogP contribution in [0.4, 0.5) is 0 Å². The van der Waals surface area contributed by atoms with Gasteiger partial charge in [0.15, 0.2) is 0 Å². The third-order valence-electron chi connectivity index (χ3n) is 4.20. The first-order valence-corrected chi connectivity index (χ1v) is 8.20. The molecule has 2 aromatic rings. The molecule has 1 aromatic carbocycles. The summed E-state index contributed by atoms with van der Waals surface area (Å²) in [5.74, 6) is 0.693. The first-order valence-electron chi connectivity index (χ1n) is 7.32. The highest BCUT2D eigenvalue weighted by molar-refractivity contribution is 7.10. The topological polar surface area (TPSA) is 12.0 Å². The van der Waals surface area contributed by atoms with Crippen molar-refractivity contribution in [2.75, 3.05) is 6.54 Å². The van der Waals surface area contributed by atoms with Crippen molar-refractivity contribution in [3.05, 3.63) is 46.7 Å². The van der Waals surface area contributed by atoms with Crippen LogP contribution in [0.3, 0.4) is 0 Å². The van der Waals surface area contributed by atoms with E-state index in [4.69, 9.17) is 0 Å². The Bertz CT molecular complexity index is 525. The third-order valence-corrected chi connectivity index (χ3v) is 5.14. The largest absolute Gasteiger partial charge is 0.311 e. The second kappa shape index (κ2) is 6.55. The van der Waals surface area contributed by atoms with E-state index in [0.717, 1.165) is 13.1 Å². The average molecular weight is 287 g/mol. The number of benzene rings is 1. The fraction of sp³-hybridized carbons (Fsp3) is 0.444. The zero-order chi connectivity index (χ0) is 14.6. The van der Waals surface area contributed by atoms with Gasteiger partial charge in [0, 0.05) is 18.0 Å². The van der Waals surface area contributed by atoms with Gasteiger partial charge in [-0.1, -0.05) is 58.0 Å². The molecule has 0 radical (unpaired) electrons. The highest BCUT2D eigenvalue weighted by atomic mass is 32.1. The van der Waals surface area contributed by atoms with Gasteiger partial charge in [-0.25, -0.2) is 0 Å². The smallest absolute Gasteiger partial charge is 0.0300 e. The minimum atomic E-state index is 0.347. The van der Waals surface area contributed by atoms with E-state index in [9.17, 15) is 0 Å². The molecule has 2 heteroatoms. The van der Waals surface area contributed by atoms with Crippen LogP contribution in [-0.4, -0.2) is 6.54 Å². The molecule has 0 saturated carbocycles. The molecular weight excluding hydrogens is 262 g/mol. The van der Waals surface area contributed by atoms with Gasteiger partial charge < -0.3 is 5.32 Å². The number of hydrogen-bond acceptors (Lipinski definition) is 2. The lowest BCUT2D eigenvalue weighted by molar-refractivity contribution is 0.238. The van der Waals surface area contributed by atoms with Crippen LogP contribution in [-0.2, 0) is 6.54 Å². The molecule has 1 nitrogen and oxygen atoms in total. The zero-order valence-corrected chi connectivity index (χ0v) is 13.8. The van der Waals surface area contributed by atoms with E-state index < -0.39 is 0 Å². The maximum atomic E-state index is 3.60. The van der Waals surface area contributed by atoms with Gasteiger partial charge in [0.25, 0.3) is 0 Å². The standard InChI is InChI=1S/C18H25NS/c1-14(2)18(3,4)13-19-11-17-10-16(12-20-17)15-8-6-5-7-9-15/h5-10,12,14,19H,11,13H2,1-4H3. The summed E-state index contributed by atoms with van der Waals surface area (Å²) in [7, 11) is 0. The highest BCUT2D eigenvalue weighted by Crippen LogP contribution is 2.27. The van der Waals surface area contributed by atoms with Gasteiger partial charge >= 0.3 is 0 Å². The van der Waals surface area contributed by atoms with E-state index in [2.05, 4.69) is 74.8 Å². The van der Waals surface area contributed by atoms with Gasteiger partial charge in [0.1, 0.15) is 0 Å². The molecule has 0 saturated heterocycles. The van der Waals surface area contributed by atoms with Crippen molar-refractivity contribution in [1.82, 2.24) is 5.32 Å². The van der Waals surface area contributed by atoms with Crippen molar-refractivity contribution in [3.8, 4) is 11.1 Å². The number of nitrogens with one attached hydrogen (secondary N) is 1. The molecule has 0 amide bonds. The molecule has 0 unspecified atom stereocenters. The van der Waals surface area contributed by atoms with Crippen LogP contribution >= 0.6 is 11.3 Å². The zero-order valence-electron chi connectivity index (χ0n) is 12.9. The molecule has 1 aromatic heterocycles. The normalized spacial score (nSPS) is 12.1. The van der Waals surface area contributed by atoms with E-state index in [1.807, 2.05) is 11.3 Å². The molecular formula is C18H25NS. The molecule has 1 N–H and O–H groups in total. The fourth-order valence-corrected chi connectivity index (χ4v) is 2.83. The Labute approximate surface area is 127 Å². The summed E-state index contributed by atoms with van der Waals surface area (Å²) in [5.41, 5.74) is 2.98. The van der Waals surface area contributed by atoms with Gasteiger partial charge in [-0.2, -0.15) is 0 Å². The van der Waals surface area contributed by atoms with Gasteiger partial charge in [-0.3, -0.25) is 0 Å². The number of rotatable bonds is 6. The summed E-state index contributed by atoms with van der Waals surface area (Å²) in [6.45, 7) is 11.3. The van der Waals surface area contributed by atoms with Crippen molar-refractivity contribution in [3.63, 3.8) is 0 Å². The van der Waals surface area contributed by atoms with E-state index in [1.54, 1.807) is 0 Å². The predicted molar refractivity (Wildman–Crippen MR) is 90.1 cm³/mol. The Balaban J connectivity index is 1.91. The van der Waals surface area contributed by atoms with E-state index in [1.165, 1.54) is 16.0 Å². The Morgan fingerprint density at radius 3 is 2.45 bits per heavy atom. The summed E-state index contributed by atoms with van der Waals surface area (Å²) < 4.78 is 0. The van der Waals surface area contributed by atoms with Crippen LogP contribution in [0.2, 0.25) is 0 Å². The minimum Gasteiger partial charge on any atom is -0.311 e. The van der Waals surface area contributed by atoms with Crippen molar-refractivity contribution in [2.45, 2.75) is 34.2 Å². The summed E-state index contributed by atoms with van der Waals surface area (Å²) in [4.78, 5) is 1.41. The predicted octanol–water partition coefficient (Wildman–Crippen LogP) is 5.19. The molecule has 0 aliphatic rings. The Hall–Kier alpha value is -1.12. The number of hydrogen-bond donors (Lipinski definition) is 1. The molecule has 0 atom stereocenters. The minimum absolute atomic E-state index is 0.347. The lowest BCUT2D eigenvalue weighted by Gasteiger charge is -2.29. The summed E-state index contributed by atoms with van der Waals surface area (Å²) in [5, 5.41) is 5.85. The molecule has 0 bridgehead atoms. The molecule has 0 spiro atoms. The average Bonchev–Trinajstić information content (AvgIpc) is 2.88. The molecule has 0 fully saturated rings. The van der Waals surface area contributed by atoms with Crippen LogP contribution in [0.15, 0.2) is 41.8 Å². The molecule has 0 aliphatic heterocycles. The Kier molecular flexibility index (Phi) is 5.00. The lowest BCUT2D eigenvalue weighted by atomic mass is 9.81. The molecule has 1 heterocycles. The summed E-state index contributed by atoms with van der Waals surface area (Å²) in [6.07, 6.45) is 0. The second-order valence-corrected chi connectivity index (χ2v) is 7.41. The molecule has 20 heavy (non-hydrogen) atoms. The third kappa shape index (κ3) is 3.94. The fourth-order valence-electron chi connectivity index (χ4n) is 1.97. The molecule has 0 aliphatic carbocycles. The van der Waals surface area contributed by atoms with Crippen LogP contribution in [0.1, 0.15) is 32.6 Å². The highest BCUT2D eigenvalue weighted by Gasteiger charge is 2.21. The monoisotopic (exact) mass is 287 g/mol. The summed E-state index contributed by atoms with van der Waals surface area (Å²) >= 11 is 1.84. The molecule has 108 valence electrons. The van der Waals surface area contributed by atoms with Crippen LogP contribution in [0.5, 0.6) is 0 Å². The van der Waals surface area contributed by atoms with Crippen LogP contribution in [0.25, 0.3) is 11.1 Å².